The fourth-order valence-corrected chi connectivity index (χ4v) is 2.67. The molecule has 1 aliphatic rings. The summed E-state index contributed by atoms with van der Waals surface area (Å²) in [6.07, 6.45) is 4.48. The minimum atomic E-state index is 0.305. The van der Waals surface area contributed by atoms with E-state index in [4.69, 9.17) is 0 Å². The minimum absolute atomic E-state index is 0.305. The number of amides is 1. The van der Waals surface area contributed by atoms with Gasteiger partial charge in [-0.2, -0.15) is 0 Å². The Kier molecular flexibility index (Phi) is 4.62. The Morgan fingerprint density at radius 1 is 1.40 bits per heavy atom. The normalized spacial score (nSPS) is 28.5. The lowest BCUT2D eigenvalue weighted by Crippen LogP contribution is -2.35. The van der Waals surface area contributed by atoms with Gasteiger partial charge in [0.2, 0.25) is 5.91 Å². The fourth-order valence-electron chi connectivity index (χ4n) is 2.67. The van der Waals surface area contributed by atoms with E-state index in [9.17, 15) is 4.79 Å². The molecule has 1 saturated heterocycles. The number of hydrogen-bond acceptors (Lipinski definition) is 1. The Labute approximate surface area is 94.0 Å². The predicted octanol–water partition coefficient (Wildman–Crippen LogP) is 3.07. The van der Waals surface area contributed by atoms with Gasteiger partial charge >= 0.3 is 0 Å². The first-order chi connectivity index (χ1) is 7.15. The van der Waals surface area contributed by atoms with Crippen molar-refractivity contribution in [3.8, 4) is 0 Å². The fraction of sp³-hybridized carbons (Fsp3) is 0.923. The molecular formula is C13H25NO. The van der Waals surface area contributed by atoms with Crippen molar-refractivity contribution in [2.45, 2.75) is 59.4 Å². The summed E-state index contributed by atoms with van der Waals surface area (Å²) < 4.78 is 0. The Bertz CT molecular complexity index is 215. The highest BCUT2D eigenvalue weighted by molar-refractivity contribution is 5.81. The average Bonchev–Trinajstić information content (AvgIpc) is 2.55. The van der Waals surface area contributed by atoms with Gasteiger partial charge in [0.05, 0.1) is 0 Å². The second-order valence-corrected chi connectivity index (χ2v) is 4.81. The Balaban J connectivity index is 2.68. The first-order valence-corrected chi connectivity index (χ1v) is 6.46. The van der Waals surface area contributed by atoms with Crippen LogP contribution in [0.1, 0.15) is 53.4 Å². The van der Waals surface area contributed by atoms with Crippen LogP contribution >= 0.6 is 0 Å². The van der Waals surface area contributed by atoms with Crippen molar-refractivity contribution in [3.63, 3.8) is 0 Å². The van der Waals surface area contributed by atoms with E-state index in [1.165, 1.54) is 12.8 Å². The van der Waals surface area contributed by atoms with E-state index in [1.54, 1.807) is 0 Å². The molecular weight excluding hydrogens is 186 g/mol. The predicted molar refractivity (Wildman–Crippen MR) is 63.6 cm³/mol. The number of likely N-dealkylation sites (tertiary alicyclic amines) is 1. The van der Waals surface area contributed by atoms with Gasteiger partial charge in [-0.05, 0) is 32.1 Å². The molecule has 3 atom stereocenters. The molecule has 0 radical (unpaired) electrons. The number of carbonyl (C=O) groups is 1. The van der Waals surface area contributed by atoms with Crippen LogP contribution in [0.5, 0.6) is 0 Å². The SMILES string of the molecule is CCC[C@H]1CN(C(C)CC)C(=O)[C@@H]1CC. The second-order valence-electron chi connectivity index (χ2n) is 4.81. The standard InChI is InChI=1S/C13H25NO/c1-5-8-11-9-14(10(4)6-2)13(15)12(11)7-3/h10-12H,5-9H2,1-4H3/t10?,11-,12+/m0/s1. The van der Waals surface area contributed by atoms with Crippen molar-refractivity contribution in [1.29, 1.82) is 0 Å². The van der Waals surface area contributed by atoms with Crippen LogP contribution < -0.4 is 0 Å². The maximum absolute atomic E-state index is 12.1. The van der Waals surface area contributed by atoms with E-state index < -0.39 is 0 Å². The summed E-state index contributed by atoms with van der Waals surface area (Å²) in [7, 11) is 0. The summed E-state index contributed by atoms with van der Waals surface area (Å²) in [5.74, 6) is 1.32. The van der Waals surface area contributed by atoms with Crippen LogP contribution in [0, 0.1) is 11.8 Å². The number of hydrogen-bond donors (Lipinski definition) is 0. The molecule has 1 aliphatic heterocycles. The highest BCUT2D eigenvalue weighted by Gasteiger charge is 2.39. The molecule has 2 heteroatoms. The van der Waals surface area contributed by atoms with Crippen LogP contribution in [0.3, 0.4) is 0 Å². The molecule has 0 aromatic carbocycles. The maximum Gasteiger partial charge on any atom is 0.226 e. The van der Waals surface area contributed by atoms with Gasteiger partial charge in [-0.3, -0.25) is 4.79 Å². The molecule has 88 valence electrons. The molecule has 1 unspecified atom stereocenters. The van der Waals surface area contributed by atoms with Gasteiger partial charge in [0, 0.05) is 18.5 Å². The van der Waals surface area contributed by atoms with E-state index in [0.29, 0.717) is 23.8 Å². The van der Waals surface area contributed by atoms with Gasteiger partial charge in [0.1, 0.15) is 0 Å². The van der Waals surface area contributed by atoms with Gasteiger partial charge in [-0.1, -0.05) is 27.2 Å². The third kappa shape index (κ3) is 2.53. The lowest BCUT2D eigenvalue weighted by molar-refractivity contribution is -0.132. The number of rotatable bonds is 5. The summed E-state index contributed by atoms with van der Waals surface area (Å²) in [6.45, 7) is 9.68. The molecule has 0 N–H and O–H groups in total. The van der Waals surface area contributed by atoms with Crippen molar-refractivity contribution in [3.05, 3.63) is 0 Å². The molecule has 0 bridgehead atoms. The molecule has 0 aromatic rings. The van der Waals surface area contributed by atoms with E-state index in [-0.39, 0.29) is 0 Å². The first kappa shape index (κ1) is 12.5. The maximum atomic E-state index is 12.1. The molecule has 1 heterocycles. The molecule has 0 aromatic heterocycles. The summed E-state index contributed by atoms with van der Waals surface area (Å²) in [5, 5.41) is 0. The number of carbonyl (C=O) groups excluding carboxylic acids is 1. The highest BCUT2D eigenvalue weighted by Crippen LogP contribution is 2.32. The molecule has 0 saturated carbocycles. The van der Waals surface area contributed by atoms with Crippen molar-refractivity contribution >= 4 is 5.91 Å². The zero-order chi connectivity index (χ0) is 11.4. The van der Waals surface area contributed by atoms with E-state index in [0.717, 1.165) is 19.4 Å². The molecule has 1 amide bonds. The van der Waals surface area contributed by atoms with Crippen molar-refractivity contribution in [2.75, 3.05) is 6.54 Å². The van der Waals surface area contributed by atoms with Gasteiger partial charge < -0.3 is 4.90 Å². The minimum Gasteiger partial charge on any atom is -0.339 e. The zero-order valence-corrected chi connectivity index (χ0v) is 10.6. The van der Waals surface area contributed by atoms with E-state index in [1.807, 2.05) is 0 Å². The van der Waals surface area contributed by atoms with Crippen molar-refractivity contribution in [2.24, 2.45) is 11.8 Å². The third-order valence-electron chi connectivity index (χ3n) is 3.82. The lowest BCUT2D eigenvalue weighted by atomic mass is 9.89. The Morgan fingerprint density at radius 2 is 2.07 bits per heavy atom. The molecule has 1 fully saturated rings. The Hall–Kier alpha value is -0.530. The zero-order valence-electron chi connectivity index (χ0n) is 10.6. The molecule has 1 rings (SSSR count). The monoisotopic (exact) mass is 211 g/mol. The quantitative estimate of drug-likeness (QED) is 0.684. The second kappa shape index (κ2) is 5.53. The van der Waals surface area contributed by atoms with Crippen LogP contribution in [0.2, 0.25) is 0 Å². The van der Waals surface area contributed by atoms with Crippen LogP contribution in [0.15, 0.2) is 0 Å². The molecule has 2 nitrogen and oxygen atoms in total. The van der Waals surface area contributed by atoms with Gasteiger partial charge in [0.15, 0.2) is 0 Å². The largest absolute Gasteiger partial charge is 0.339 e. The Morgan fingerprint density at radius 3 is 2.53 bits per heavy atom. The summed E-state index contributed by atoms with van der Waals surface area (Å²) in [5.41, 5.74) is 0. The topological polar surface area (TPSA) is 20.3 Å². The van der Waals surface area contributed by atoms with E-state index in [2.05, 4.69) is 32.6 Å². The van der Waals surface area contributed by atoms with E-state index >= 15 is 0 Å². The molecule has 15 heavy (non-hydrogen) atoms. The van der Waals surface area contributed by atoms with Crippen LogP contribution in [-0.4, -0.2) is 23.4 Å². The third-order valence-corrected chi connectivity index (χ3v) is 3.82. The molecule has 0 aliphatic carbocycles. The first-order valence-electron chi connectivity index (χ1n) is 6.46. The number of nitrogens with zero attached hydrogens (tertiary/aromatic N) is 1. The van der Waals surface area contributed by atoms with Crippen LogP contribution in [0.4, 0.5) is 0 Å². The van der Waals surface area contributed by atoms with Gasteiger partial charge in [-0.25, -0.2) is 0 Å². The van der Waals surface area contributed by atoms with Gasteiger partial charge in [-0.15, -0.1) is 0 Å². The van der Waals surface area contributed by atoms with Crippen molar-refractivity contribution in [1.82, 2.24) is 4.90 Å². The summed E-state index contributed by atoms with van der Waals surface area (Å²) >= 11 is 0. The summed E-state index contributed by atoms with van der Waals surface area (Å²) in [4.78, 5) is 14.3. The van der Waals surface area contributed by atoms with Crippen LogP contribution in [0.25, 0.3) is 0 Å². The lowest BCUT2D eigenvalue weighted by Gasteiger charge is -2.23. The highest BCUT2D eigenvalue weighted by atomic mass is 16.2. The van der Waals surface area contributed by atoms with Crippen LogP contribution in [-0.2, 0) is 4.79 Å². The van der Waals surface area contributed by atoms with Crippen molar-refractivity contribution < 1.29 is 4.79 Å². The average molecular weight is 211 g/mol. The molecule has 0 spiro atoms. The van der Waals surface area contributed by atoms with Gasteiger partial charge in [0.25, 0.3) is 0 Å². The summed E-state index contributed by atoms with van der Waals surface area (Å²) in [6, 6.07) is 0.424. The smallest absolute Gasteiger partial charge is 0.226 e.